The van der Waals surface area contributed by atoms with Gasteiger partial charge in [0.2, 0.25) is 10.0 Å². The van der Waals surface area contributed by atoms with Gasteiger partial charge in [-0.25, -0.2) is 13.6 Å². The molecule has 1 aromatic rings. The lowest BCUT2D eigenvalue weighted by Gasteiger charge is -2.04. The van der Waals surface area contributed by atoms with Gasteiger partial charge in [0.15, 0.2) is 0 Å². The molecule has 0 heterocycles. The van der Waals surface area contributed by atoms with Crippen molar-refractivity contribution in [1.29, 1.82) is 0 Å². The number of rotatable bonds is 1. The zero-order valence-electron chi connectivity index (χ0n) is 7.56. The second-order valence-electron chi connectivity index (χ2n) is 3.29. The number of fused-ring (bicyclic) bond motifs is 1. The Morgan fingerprint density at radius 1 is 1.21 bits per heavy atom. The summed E-state index contributed by atoms with van der Waals surface area (Å²) in [6.07, 6.45) is 2.84. The Labute approximate surface area is 89.8 Å². The molecule has 1 aliphatic carbocycles. The molecule has 0 aliphatic heterocycles. The molecule has 1 aromatic carbocycles. The molecule has 0 atom stereocenters. The fourth-order valence-electron chi connectivity index (χ4n) is 1.85. The maximum Gasteiger partial charge on any atom is 0.238 e. The standard InChI is InChI=1S/C9H11NO2S.ClH/c10-13(11,12)9-6-2-4-7-3-1-5-8(7)9;/h2,4,6H,1,3,5H2,(H2,10,11,12);1H. The molecule has 0 aromatic heterocycles. The van der Waals surface area contributed by atoms with Crippen molar-refractivity contribution < 1.29 is 8.42 Å². The Kier molecular flexibility index (Phi) is 3.19. The molecule has 5 heteroatoms. The topological polar surface area (TPSA) is 60.2 Å². The third-order valence-corrected chi connectivity index (χ3v) is 3.41. The SMILES string of the molecule is Cl.NS(=O)(=O)c1cccc2c1CCC2. The average Bonchev–Trinajstić information content (AvgIpc) is 2.48. The number of aryl methyl sites for hydroxylation is 1. The monoisotopic (exact) mass is 233 g/mol. The van der Waals surface area contributed by atoms with Crippen LogP contribution in [-0.4, -0.2) is 8.42 Å². The molecule has 78 valence electrons. The number of sulfonamides is 1. The smallest absolute Gasteiger partial charge is 0.225 e. The molecule has 0 fully saturated rings. The van der Waals surface area contributed by atoms with Gasteiger partial charge in [0.25, 0.3) is 0 Å². The van der Waals surface area contributed by atoms with Crippen LogP contribution in [0.4, 0.5) is 0 Å². The van der Waals surface area contributed by atoms with Gasteiger partial charge in [0.1, 0.15) is 0 Å². The molecule has 0 amide bonds. The average molecular weight is 234 g/mol. The van der Waals surface area contributed by atoms with E-state index in [2.05, 4.69) is 0 Å². The van der Waals surface area contributed by atoms with E-state index in [1.807, 2.05) is 6.07 Å². The van der Waals surface area contributed by atoms with Crippen LogP contribution < -0.4 is 5.14 Å². The minimum absolute atomic E-state index is 0. The second-order valence-corrected chi connectivity index (χ2v) is 4.82. The van der Waals surface area contributed by atoms with Gasteiger partial charge in [0.05, 0.1) is 4.90 Å². The first-order chi connectivity index (χ1) is 6.09. The van der Waals surface area contributed by atoms with Gasteiger partial charge in [0, 0.05) is 0 Å². The molecule has 1 aliphatic rings. The van der Waals surface area contributed by atoms with Crippen molar-refractivity contribution in [2.24, 2.45) is 5.14 Å². The number of benzene rings is 1. The van der Waals surface area contributed by atoms with Crippen LogP contribution in [0.1, 0.15) is 17.5 Å². The molecule has 3 nitrogen and oxygen atoms in total. The molecule has 0 saturated carbocycles. The first-order valence-electron chi connectivity index (χ1n) is 4.22. The first kappa shape index (κ1) is 11.5. The van der Waals surface area contributed by atoms with E-state index in [1.54, 1.807) is 12.1 Å². The van der Waals surface area contributed by atoms with Crippen LogP contribution in [0.25, 0.3) is 0 Å². The van der Waals surface area contributed by atoms with E-state index >= 15 is 0 Å². The largest absolute Gasteiger partial charge is 0.238 e. The predicted octanol–water partition coefficient (Wildman–Crippen LogP) is 1.24. The van der Waals surface area contributed by atoms with Crippen molar-refractivity contribution in [3.8, 4) is 0 Å². The van der Waals surface area contributed by atoms with E-state index in [0.29, 0.717) is 4.90 Å². The quantitative estimate of drug-likeness (QED) is 0.794. The third kappa shape index (κ3) is 1.92. The number of hydrogen-bond donors (Lipinski definition) is 1. The summed E-state index contributed by atoms with van der Waals surface area (Å²) in [5.74, 6) is 0. The first-order valence-corrected chi connectivity index (χ1v) is 5.77. The molecule has 0 saturated heterocycles. The Morgan fingerprint density at radius 2 is 1.93 bits per heavy atom. The van der Waals surface area contributed by atoms with Gasteiger partial charge in [-0.05, 0) is 36.5 Å². The summed E-state index contributed by atoms with van der Waals surface area (Å²) in [6, 6.07) is 5.31. The van der Waals surface area contributed by atoms with Gasteiger partial charge in [-0.3, -0.25) is 0 Å². The number of hydrogen-bond acceptors (Lipinski definition) is 2. The van der Waals surface area contributed by atoms with Gasteiger partial charge < -0.3 is 0 Å². The molecule has 0 radical (unpaired) electrons. The summed E-state index contributed by atoms with van der Waals surface area (Å²) in [7, 11) is -3.53. The van der Waals surface area contributed by atoms with Gasteiger partial charge in [-0.1, -0.05) is 12.1 Å². The molecule has 0 bridgehead atoms. The number of halogens is 1. The van der Waals surface area contributed by atoms with Crippen molar-refractivity contribution in [2.75, 3.05) is 0 Å². The maximum absolute atomic E-state index is 11.2. The molecular formula is C9H12ClNO2S. The number of primary sulfonamides is 1. The normalized spacial score (nSPS) is 14.6. The van der Waals surface area contributed by atoms with E-state index in [9.17, 15) is 8.42 Å². The highest BCUT2D eigenvalue weighted by atomic mass is 35.5. The molecule has 0 spiro atoms. The fourth-order valence-corrected chi connectivity index (χ4v) is 2.70. The van der Waals surface area contributed by atoms with Crippen molar-refractivity contribution in [3.05, 3.63) is 29.3 Å². The molecule has 2 N–H and O–H groups in total. The van der Waals surface area contributed by atoms with Crippen molar-refractivity contribution in [1.82, 2.24) is 0 Å². The van der Waals surface area contributed by atoms with Crippen LogP contribution in [0.15, 0.2) is 23.1 Å². The van der Waals surface area contributed by atoms with Crippen LogP contribution >= 0.6 is 12.4 Å². The predicted molar refractivity (Wildman–Crippen MR) is 57.1 cm³/mol. The van der Waals surface area contributed by atoms with Crippen molar-refractivity contribution in [3.63, 3.8) is 0 Å². The van der Waals surface area contributed by atoms with E-state index in [0.717, 1.165) is 30.4 Å². The Bertz CT molecular complexity index is 442. The van der Waals surface area contributed by atoms with Crippen LogP contribution in [0.3, 0.4) is 0 Å². The zero-order chi connectivity index (χ0) is 9.47. The zero-order valence-corrected chi connectivity index (χ0v) is 9.20. The van der Waals surface area contributed by atoms with Crippen molar-refractivity contribution >= 4 is 22.4 Å². The van der Waals surface area contributed by atoms with E-state index in [-0.39, 0.29) is 12.4 Å². The summed E-state index contributed by atoms with van der Waals surface area (Å²) < 4.78 is 22.3. The minimum atomic E-state index is -3.53. The highest BCUT2D eigenvalue weighted by Gasteiger charge is 2.19. The lowest BCUT2D eigenvalue weighted by Crippen LogP contribution is -2.14. The van der Waals surface area contributed by atoms with E-state index in [1.165, 1.54) is 0 Å². The molecule has 2 rings (SSSR count). The highest BCUT2D eigenvalue weighted by Crippen LogP contribution is 2.27. The van der Waals surface area contributed by atoms with Gasteiger partial charge >= 0.3 is 0 Å². The van der Waals surface area contributed by atoms with E-state index < -0.39 is 10.0 Å². The molecule has 0 unspecified atom stereocenters. The Hall–Kier alpha value is -0.580. The Morgan fingerprint density at radius 3 is 2.57 bits per heavy atom. The van der Waals surface area contributed by atoms with Crippen LogP contribution in [0.5, 0.6) is 0 Å². The summed E-state index contributed by atoms with van der Waals surface area (Å²) in [5, 5.41) is 5.10. The molecule has 14 heavy (non-hydrogen) atoms. The van der Waals surface area contributed by atoms with Crippen LogP contribution in [-0.2, 0) is 22.9 Å². The van der Waals surface area contributed by atoms with Crippen molar-refractivity contribution in [2.45, 2.75) is 24.2 Å². The minimum Gasteiger partial charge on any atom is -0.225 e. The Balaban J connectivity index is 0.000000980. The van der Waals surface area contributed by atoms with Crippen LogP contribution in [0, 0.1) is 0 Å². The lowest BCUT2D eigenvalue weighted by atomic mass is 10.1. The third-order valence-electron chi connectivity index (χ3n) is 2.41. The summed E-state index contributed by atoms with van der Waals surface area (Å²) >= 11 is 0. The van der Waals surface area contributed by atoms with Gasteiger partial charge in [-0.2, -0.15) is 0 Å². The summed E-state index contributed by atoms with van der Waals surface area (Å²) in [4.78, 5) is 0.308. The van der Waals surface area contributed by atoms with E-state index in [4.69, 9.17) is 5.14 Å². The van der Waals surface area contributed by atoms with Crippen LogP contribution in [0.2, 0.25) is 0 Å². The fraction of sp³-hybridized carbons (Fsp3) is 0.333. The lowest BCUT2D eigenvalue weighted by molar-refractivity contribution is 0.597. The maximum atomic E-state index is 11.2. The second kappa shape index (κ2) is 3.88. The van der Waals surface area contributed by atoms with Gasteiger partial charge in [-0.15, -0.1) is 12.4 Å². The molecular weight excluding hydrogens is 222 g/mol. The summed E-state index contributed by atoms with van der Waals surface area (Å²) in [6.45, 7) is 0. The summed E-state index contributed by atoms with van der Waals surface area (Å²) in [5.41, 5.74) is 2.05. The highest BCUT2D eigenvalue weighted by molar-refractivity contribution is 7.89. The number of nitrogens with two attached hydrogens (primary N) is 1.